The lowest BCUT2D eigenvalue weighted by Gasteiger charge is -2.22. The van der Waals surface area contributed by atoms with Crippen LogP contribution in [0.2, 0.25) is 0 Å². The van der Waals surface area contributed by atoms with Gasteiger partial charge in [0, 0.05) is 13.0 Å². The van der Waals surface area contributed by atoms with Gasteiger partial charge >= 0.3 is 0 Å². The molecule has 0 aliphatic carbocycles. The molecule has 0 spiro atoms. The highest BCUT2D eigenvalue weighted by atomic mass is 16.1. The third kappa shape index (κ3) is 4.88. The minimum Gasteiger partial charge on any atom is -0.356 e. The lowest BCUT2D eigenvalue weighted by Crippen LogP contribution is -2.38. The first-order valence-electron chi connectivity index (χ1n) is 6.46. The zero-order valence-corrected chi connectivity index (χ0v) is 11.6. The Morgan fingerprint density at radius 1 is 1.33 bits per heavy atom. The molecule has 3 N–H and O–H groups in total. The van der Waals surface area contributed by atoms with Gasteiger partial charge in [-0.2, -0.15) is 0 Å². The molecular weight excluding hydrogens is 224 g/mol. The molecule has 0 bridgehead atoms. The molecule has 0 saturated carbocycles. The average molecular weight is 248 g/mol. The number of hydrogen-bond donors (Lipinski definition) is 2. The third-order valence-corrected chi connectivity index (χ3v) is 3.20. The van der Waals surface area contributed by atoms with Crippen LogP contribution in [0.1, 0.15) is 31.4 Å². The average Bonchev–Trinajstić information content (AvgIpc) is 2.35. The first-order valence-corrected chi connectivity index (χ1v) is 6.46. The molecule has 1 aromatic rings. The fourth-order valence-electron chi connectivity index (χ4n) is 1.64. The molecule has 1 amide bonds. The van der Waals surface area contributed by atoms with E-state index in [0.29, 0.717) is 19.5 Å². The Morgan fingerprint density at radius 3 is 2.61 bits per heavy atom. The lowest BCUT2D eigenvalue weighted by molar-refractivity contribution is -0.121. The third-order valence-electron chi connectivity index (χ3n) is 3.20. The topological polar surface area (TPSA) is 55.1 Å². The summed E-state index contributed by atoms with van der Waals surface area (Å²) < 4.78 is 0. The smallest absolute Gasteiger partial charge is 0.220 e. The standard InChI is InChI=1S/C15H24N2O/c1-12-6-4-5-7-13(12)8-9-14(18)17-11-15(2,3)10-16/h4-7H,8-11,16H2,1-3H3,(H,17,18). The predicted molar refractivity (Wildman–Crippen MR) is 75.3 cm³/mol. The number of carbonyl (C=O) groups excluding carboxylic acids is 1. The zero-order chi connectivity index (χ0) is 13.6. The van der Waals surface area contributed by atoms with Crippen LogP contribution in [0.15, 0.2) is 24.3 Å². The van der Waals surface area contributed by atoms with Gasteiger partial charge in [0.15, 0.2) is 0 Å². The number of nitrogens with two attached hydrogens (primary N) is 1. The van der Waals surface area contributed by atoms with Crippen LogP contribution in [0.3, 0.4) is 0 Å². The van der Waals surface area contributed by atoms with Crippen LogP contribution < -0.4 is 11.1 Å². The van der Waals surface area contributed by atoms with Crippen molar-refractivity contribution in [3.05, 3.63) is 35.4 Å². The highest BCUT2D eigenvalue weighted by Crippen LogP contribution is 2.11. The lowest BCUT2D eigenvalue weighted by atomic mass is 9.94. The summed E-state index contributed by atoms with van der Waals surface area (Å²) in [6.45, 7) is 7.38. The van der Waals surface area contributed by atoms with Crippen molar-refractivity contribution in [2.75, 3.05) is 13.1 Å². The van der Waals surface area contributed by atoms with Crippen molar-refractivity contribution in [1.82, 2.24) is 5.32 Å². The van der Waals surface area contributed by atoms with Gasteiger partial charge in [-0.1, -0.05) is 38.1 Å². The normalized spacial score (nSPS) is 11.3. The molecule has 3 heteroatoms. The van der Waals surface area contributed by atoms with E-state index in [9.17, 15) is 4.79 Å². The quantitative estimate of drug-likeness (QED) is 0.809. The molecular formula is C15H24N2O. The second-order valence-electron chi connectivity index (χ2n) is 5.57. The summed E-state index contributed by atoms with van der Waals surface area (Å²) >= 11 is 0. The molecule has 1 rings (SSSR count). The van der Waals surface area contributed by atoms with Gasteiger partial charge in [-0.15, -0.1) is 0 Å². The SMILES string of the molecule is Cc1ccccc1CCC(=O)NCC(C)(C)CN. The second-order valence-corrected chi connectivity index (χ2v) is 5.57. The van der Waals surface area contributed by atoms with Gasteiger partial charge in [-0.3, -0.25) is 4.79 Å². The van der Waals surface area contributed by atoms with Crippen LogP contribution in [0, 0.1) is 12.3 Å². The minimum atomic E-state index is -0.0294. The Hall–Kier alpha value is -1.35. The largest absolute Gasteiger partial charge is 0.356 e. The van der Waals surface area contributed by atoms with Crippen molar-refractivity contribution >= 4 is 5.91 Å². The van der Waals surface area contributed by atoms with Gasteiger partial charge in [0.25, 0.3) is 0 Å². The number of benzene rings is 1. The predicted octanol–water partition coefficient (Wildman–Crippen LogP) is 2.03. The van der Waals surface area contributed by atoms with Gasteiger partial charge in [0.2, 0.25) is 5.91 Å². The molecule has 0 aliphatic rings. The van der Waals surface area contributed by atoms with Crippen molar-refractivity contribution in [2.24, 2.45) is 11.1 Å². The van der Waals surface area contributed by atoms with Gasteiger partial charge in [-0.05, 0) is 36.4 Å². The van der Waals surface area contributed by atoms with E-state index in [-0.39, 0.29) is 11.3 Å². The Bertz CT molecular complexity index is 399. The van der Waals surface area contributed by atoms with Crippen LogP contribution in [-0.4, -0.2) is 19.0 Å². The van der Waals surface area contributed by atoms with Crippen molar-refractivity contribution in [3.8, 4) is 0 Å². The van der Waals surface area contributed by atoms with Crippen LogP contribution in [0.4, 0.5) is 0 Å². The Balaban J connectivity index is 2.36. The summed E-state index contributed by atoms with van der Waals surface area (Å²) in [4.78, 5) is 11.7. The van der Waals surface area contributed by atoms with Crippen LogP contribution in [-0.2, 0) is 11.2 Å². The number of amides is 1. The van der Waals surface area contributed by atoms with E-state index in [0.717, 1.165) is 6.42 Å². The maximum atomic E-state index is 11.7. The number of hydrogen-bond acceptors (Lipinski definition) is 2. The molecule has 0 heterocycles. The summed E-state index contributed by atoms with van der Waals surface area (Å²) in [6, 6.07) is 8.18. The highest BCUT2D eigenvalue weighted by molar-refractivity contribution is 5.76. The Labute approximate surface area is 110 Å². The van der Waals surface area contributed by atoms with Crippen molar-refractivity contribution in [2.45, 2.75) is 33.6 Å². The monoisotopic (exact) mass is 248 g/mol. The van der Waals surface area contributed by atoms with E-state index in [1.165, 1.54) is 11.1 Å². The Morgan fingerprint density at radius 2 is 2.00 bits per heavy atom. The molecule has 100 valence electrons. The molecule has 0 saturated heterocycles. The van der Waals surface area contributed by atoms with E-state index >= 15 is 0 Å². The van der Waals surface area contributed by atoms with E-state index in [1.54, 1.807) is 0 Å². The van der Waals surface area contributed by atoms with Crippen molar-refractivity contribution in [1.29, 1.82) is 0 Å². The van der Waals surface area contributed by atoms with Gasteiger partial charge < -0.3 is 11.1 Å². The zero-order valence-electron chi connectivity index (χ0n) is 11.6. The molecule has 0 unspecified atom stereocenters. The van der Waals surface area contributed by atoms with Gasteiger partial charge in [0.1, 0.15) is 0 Å². The number of carbonyl (C=O) groups is 1. The summed E-state index contributed by atoms with van der Waals surface area (Å²) in [5.41, 5.74) is 8.08. The maximum absolute atomic E-state index is 11.7. The summed E-state index contributed by atoms with van der Waals surface area (Å²) in [5, 5.41) is 2.94. The fraction of sp³-hybridized carbons (Fsp3) is 0.533. The molecule has 0 fully saturated rings. The number of nitrogens with one attached hydrogen (secondary N) is 1. The Kier molecular flexibility index (Phi) is 5.35. The van der Waals surface area contributed by atoms with E-state index < -0.39 is 0 Å². The van der Waals surface area contributed by atoms with E-state index in [4.69, 9.17) is 5.73 Å². The molecule has 1 aromatic carbocycles. The van der Waals surface area contributed by atoms with Crippen molar-refractivity contribution < 1.29 is 4.79 Å². The fourth-order valence-corrected chi connectivity index (χ4v) is 1.64. The molecule has 0 aliphatic heterocycles. The molecule has 0 atom stereocenters. The van der Waals surface area contributed by atoms with Crippen LogP contribution >= 0.6 is 0 Å². The van der Waals surface area contributed by atoms with Crippen molar-refractivity contribution in [3.63, 3.8) is 0 Å². The van der Waals surface area contributed by atoms with E-state index in [1.807, 2.05) is 12.1 Å². The second kappa shape index (κ2) is 6.55. The molecule has 0 aromatic heterocycles. The van der Waals surface area contributed by atoms with Gasteiger partial charge in [-0.25, -0.2) is 0 Å². The summed E-state index contributed by atoms with van der Waals surface area (Å²) in [5.74, 6) is 0.0970. The minimum absolute atomic E-state index is 0.0294. The highest BCUT2D eigenvalue weighted by Gasteiger charge is 2.16. The first kappa shape index (κ1) is 14.7. The summed E-state index contributed by atoms with van der Waals surface area (Å²) in [7, 11) is 0. The van der Waals surface area contributed by atoms with Crippen LogP contribution in [0.25, 0.3) is 0 Å². The molecule has 18 heavy (non-hydrogen) atoms. The number of aryl methyl sites for hydroxylation is 2. The van der Waals surface area contributed by atoms with Gasteiger partial charge in [0.05, 0.1) is 0 Å². The molecule has 0 radical (unpaired) electrons. The van der Waals surface area contributed by atoms with E-state index in [2.05, 4.69) is 38.2 Å². The summed E-state index contributed by atoms with van der Waals surface area (Å²) in [6.07, 6.45) is 1.33. The first-order chi connectivity index (χ1) is 8.44. The maximum Gasteiger partial charge on any atom is 0.220 e. The number of rotatable bonds is 6. The molecule has 3 nitrogen and oxygen atoms in total. The van der Waals surface area contributed by atoms with Crippen LogP contribution in [0.5, 0.6) is 0 Å².